The van der Waals surface area contributed by atoms with Gasteiger partial charge in [-0.15, -0.1) is 0 Å². The lowest BCUT2D eigenvalue weighted by Crippen LogP contribution is -2.69. The van der Waals surface area contributed by atoms with Crippen molar-refractivity contribution in [2.75, 3.05) is 20.3 Å². The highest BCUT2D eigenvalue weighted by molar-refractivity contribution is 5.73. The van der Waals surface area contributed by atoms with Crippen molar-refractivity contribution < 1.29 is 78.5 Å². The smallest absolute Gasteiger partial charge is 0.305 e. The van der Waals surface area contributed by atoms with Gasteiger partial charge in [0.1, 0.15) is 61.0 Å². The van der Waals surface area contributed by atoms with E-state index in [1.165, 1.54) is 21.0 Å². The Hall–Kier alpha value is -1.58. The van der Waals surface area contributed by atoms with E-state index in [1.807, 2.05) is 0 Å². The van der Waals surface area contributed by atoms with Crippen LogP contribution >= 0.6 is 0 Å². The molecule has 3 saturated heterocycles. The van der Waals surface area contributed by atoms with Crippen molar-refractivity contribution in [2.24, 2.45) is 0 Å². The second kappa shape index (κ2) is 19.0. The van der Waals surface area contributed by atoms with E-state index in [4.69, 9.17) is 28.4 Å². The molecule has 0 spiro atoms. The van der Waals surface area contributed by atoms with Gasteiger partial charge in [-0.1, -0.05) is 25.7 Å². The second-order valence-electron chi connectivity index (χ2n) is 12.3. The zero-order chi connectivity index (χ0) is 34.8. The molecular weight excluding hydrogens is 630 g/mol. The van der Waals surface area contributed by atoms with Gasteiger partial charge in [-0.3, -0.25) is 9.59 Å². The van der Waals surface area contributed by atoms with E-state index in [-0.39, 0.29) is 12.6 Å². The summed E-state index contributed by atoms with van der Waals surface area (Å²) in [4.78, 5) is 23.5. The number of rotatable bonds is 16. The Morgan fingerprint density at radius 3 is 1.87 bits per heavy atom. The topological polar surface area (TPSA) is 252 Å². The highest BCUT2D eigenvalue weighted by atomic mass is 16.8. The third-order valence-electron chi connectivity index (χ3n) is 8.68. The highest BCUT2D eigenvalue weighted by Crippen LogP contribution is 2.33. The maximum atomic E-state index is 12.3. The Morgan fingerprint density at radius 1 is 0.681 bits per heavy atom. The molecule has 3 rings (SSSR count). The molecule has 3 aliphatic rings. The first-order valence-corrected chi connectivity index (χ1v) is 16.2. The van der Waals surface area contributed by atoms with Crippen molar-refractivity contribution in [1.82, 2.24) is 5.32 Å². The molecule has 0 bridgehead atoms. The first-order valence-electron chi connectivity index (χ1n) is 16.2. The third-order valence-corrected chi connectivity index (χ3v) is 8.68. The largest absolute Gasteiger partial charge is 0.469 e. The minimum Gasteiger partial charge on any atom is -0.469 e. The first kappa shape index (κ1) is 39.9. The van der Waals surface area contributed by atoms with Crippen molar-refractivity contribution in [3.8, 4) is 0 Å². The maximum Gasteiger partial charge on any atom is 0.305 e. The molecule has 0 saturated carbocycles. The van der Waals surface area contributed by atoms with E-state index in [2.05, 4.69) is 10.1 Å². The van der Waals surface area contributed by atoms with Gasteiger partial charge in [0.2, 0.25) is 5.91 Å². The lowest BCUT2D eigenvalue weighted by molar-refractivity contribution is -0.368. The van der Waals surface area contributed by atoms with E-state index in [0.717, 1.165) is 32.1 Å². The summed E-state index contributed by atoms with van der Waals surface area (Å²) >= 11 is 0. The number of aliphatic hydroxyl groups is 7. The van der Waals surface area contributed by atoms with Gasteiger partial charge in [-0.05, 0) is 26.7 Å². The third kappa shape index (κ3) is 10.7. The summed E-state index contributed by atoms with van der Waals surface area (Å²) in [7, 11) is 1.36. The number of methoxy groups -OCH3 is 1. The van der Waals surface area contributed by atoms with Crippen molar-refractivity contribution in [3.63, 3.8) is 0 Å². The number of nitrogens with one attached hydrogen (secondary N) is 1. The summed E-state index contributed by atoms with van der Waals surface area (Å²) in [6.45, 7) is 3.66. The van der Waals surface area contributed by atoms with Crippen LogP contribution in [0.2, 0.25) is 0 Å². The number of carbonyl (C=O) groups is 2. The van der Waals surface area contributed by atoms with Gasteiger partial charge in [-0.2, -0.15) is 0 Å². The summed E-state index contributed by atoms with van der Waals surface area (Å²) < 4.78 is 39.7. The van der Waals surface area contributed by atoms with Crippen molar-refractivity contribution in [2.45, 2.75) is 158 Å². The molecule has 17 heteroatoms. The summed E-state index contributed by atoms with van der Waals surface area (Å²) in [5.74, 6) is -0.832. The number of unbranched alkanes of at least 4 members (excludes halogenated alkanes) is 5. The molecule has 3 fully saturated rings. The number of hydrogen-bond donors (Lipinski definition) is 8. The normalized spacial score (nSPS) is 41.0. The van der Waals surface area contributed by atoms with Crippen LogP contribution in [0, 0.1) is 0 Å². The molecule has 47 heavy (non-hydrogen) atoms. The van der Waals surface area contributed by atoms with Gasteiger partial charge in [0.15, 0.2) is 18.9 Å². The SMILES string of the molecule is COC(=O)CCCCCCCCOC1OC(C)C(O)C(O)C1OC1OC(CO)C(O)C(OC2OC(C)C(O)C(O)C2O)C1NC(C)=O. The molecule has 15 atom stereocenters. The number of hydrogen-bond acceptors (Lipinski definition) is 16. The molecule has 3 heterocycles. The molecule has 0 aromatic heterocycles. The van der Waals surface area contributed by atoms with Crippen LogP contribution in [-0.2, 0) is 42.7 Å². The summed E-state index contributed by atoms with van der Waals surface area (Å²) in [5, 5.41) is 76.1. The fraction of sp³-hybridized carbons (Fsp3) is 0.933. The number of aliphatic hydroxyl groups excluding tert-OH is 7. The molecule has 17 nitrogen and oxygen atoms in total. The van der Waals surface area contributed by atoms with Crippen LogP contribution in [0.5, 0.6) is 0 Å². The molecular formula is C30H53NO16. The number of esters is 1. The number of amides is 1. The minimum atomic E-state index is -1.75. The first-order chi connectivity index (χ1) is 22.3. The van der Waals surface area contributed by atoms with Gasteiger partial charge in [-0.25, -0.2) is 0 Å². The number of carbonyl (C=O) groups excluding carboxylic acids is 2. The van der Waals surface area contributed by atoms with Crippen LogP contribution < -0.4 is 5.32 Å². The van der Waals surface area contributed by atoms with E-state index >= 15 is 0 Å². The van der Waals surface area contributed by atoms with Gasteiger partial charge in [0, 0.05) is 20.0 Å². The van der Waals surface area contributed by atoms with Crippen LogP contribution in [0.25, 0.3) is 0 Å². The minimum absolute atomic E-state index is 0.218. The highest BCUT2D eigenvalue weighted by Gasteiger charge is 2.53. The molecule has 274 valence electrons. The van der Waals surface area contributed by atoms with E-state index in [9.17, 15) is 45.3 Å². The van der Waals surface area contributed by atoms with Crippen LogP contribution in [0.15, 0.2) is 0 Å². The summed E-state index contributed by atoms with van der Waals surface area (Å²) in [5.41, 5.74) is 0. The zero-order valence-corrected chi connectivity index (χ0v) is 27.3. The zero-order valence-electron chi connectivity index (χ0n) is 27.3. The molecule has 0 aromatic rings. The Kier molecular flexibility index (Phi) is 16.1. The average Bonchev–Trinajstić information content (AvgIpc) is 3.04. The Bertz CT molecular complexity index is 961. The maximum absolute atomic E-state index is 12.3. The van der Waals surface area contributed by atoms with Crippen molar-refractivity contribution in [1.29, 1.82) is 0 Å². The monoisotopic (exact) mass is 683 g/mol. The van der Waals surface area contributed by atoms with E-state index < -0.39 is 105 Å². The Balaban J connectivity index is 1.70. The Labute approximate surface area is 274 Å². The molecule has 15 unspecified atom stereocenters. The molecule has 3 aliphatic heterocycles. The predicted octanol–water partition coefficient (Wildman–Crippen LogP) is -2.45. The van der Waals surface area contributed by atoms with Gasteiger partial charge in [0.25, 0.3) is 0 Å². The molecule has 0 radical (unpaired) electrons. The van der Waals surface area contributed by atoms with Crippen molar-refractivity contribution >= 4 is 11.9 Å². The lowest BCUT2D eigenvalue weighted by Gasteiger charge is -2.49. The van der Waals surface area contributed by atoms with Crippen LogP contribution in [0.3, 0.4) is 0 Å². The van der Waals surface area contributed by atoms with Gasteiger partial charge < -0.3 is 74.2 Å². The average molecular weight is 684 g/mol. The summed E-state index contributed by atoms with van der Waals surface area (Å²) in [6.07, 6.45) is -14.3. The molecule has 0 aliphatic carbocycles. The fourth-order valence-electron chi connectivity index (χ4n) is 5.83. The van der Waals surface area contributed by atoms with Crippen molar-refractivity contribution in [3.05, 3.63) is 0 Å². The molecule has 1 amide bonds. The standard InChI is InChI=1S/C30H53NO16/c1-14-20(35)23(38)25(40)29(43-14)46-26-19(31-16(3)33)28(45-17(13-32)22(26)37)47-27-24(39)21(36)15(2)44-30(27)42-12-10-8-6-5-7-9-11-18(34)41-4/h14-15,17,19-30,32,35-40H,5-13H2,1-4H3,(H,31,33). The fourth-order valence-corrected chi connectivity index (χ4v) is 5.83. The van der Waals surface area contributed by atoms with E-state index in [1.54, 1.807) is 6.92 Å². The molecule has 0 aromatic carbocycles. The lowest BCUT2D eigenvalue weighted by atomic mass is 9.94. The summed E-state index contributed by atoms with van der Waals surface area (Å²) in [6, 6.07) is -1.34. The molecule has 8 N–H and O–H groups in total. The quantitative estimate of drug-likeness (QED) is 0.0621. The second-order valence-corrected chi connectivity index (χ2v) is 12.3. The van der Waals surface area contributed by atoms with Crippen LogP contribution in [-0.4, -0.2) is 160 Å². The number of ether oxygens (including phenoxy) is 7. The van der Waals surface area contributed by atoms with E-state index in [0.29, 0.717) is 12.8 Å². The van der Waals surface area contributed by atoms with Gasteiger partial charge >= 0.3 is 5.97 Å². The van der Waals surface area contributed by atoms with Crippen LogP contribution in [0.1, 0.15) is 65.7 Å². The van der Waals surface area contributed by atoms with Gasteiger partial charge in [0.05, 0.1) is 25.9 Å². The predicted molar refractivity (Wildman–Crippen MR) is 158 cm³/mol. The van der Waals surface area contributed by atoms with Crippen LogP contribution in [0.4, 0.5) is 0 Å². The Morgan fingerprint density at radius 2 is 1.26 bits per heavy atom.